The predicted molar refractivity (Wildman–Crippen MR) is 74.8 cm³/mol. The van der Waals surface area contributed by atoms with Crippen molar-refractivity contribution in [2.75, 3.05) is 11.9 Å². The van der Waals surface area contributed by atoms with Crippen molar-refractivity contribution in [2.45, 2.75) is 6.42 Å². The lowest BCUT2D eigenvalue weighted by molar-refractivity contribution is 0.624. The van der Waals surface area contributed by atoms with E-state index >= 15 is 0 Å². The topological polar surface area (TPSA) is 35.8 Å². The fourth-order valence-electron chi connectivity index (χ4n) is 1.78. The number of nitriles is 1. The molecule has 1 N–H and O–H groups in total. The average molecular weight is 275 g/mol. The molecule has 0 aromatic heterocycles. The van der Waals surface area contributed by atoms with E-state index in [0.717, 1.165) is 12.0 Å². The summed E-state index contributed by atoms with van der Waals surface area (Å²) in [5.41, 5.74) is 1.71. The van der Waals surface area contributed by atoms with E-state index in [4.69, 9.17) is 16.9 Å². The zero-order chi connectivity index (χ0) is 13.7. The molecule has 0 aliphatic heterocycles. The smallest absolute Gasteiger partial charge is 0.143 e. The maximum absolute atomic E-state index is 13.4. The van der Waals surface area contributed by atoms with Crippen LogP contribution in [-0.4, -0.2) is 6.54 Å². The third-order valence-corrected chi connectivity index (χ3v) is 3.02. The van der Waals surface area contributed by atoms with Crippen LogP contribution < -0.4 is 5.32 Å². The molecule has 0 heterocycles. The average Bonchev–Trinajstić information content (AvgIpc) is 2.41. The van der Waals surface area contributed by atoms with Crippen LogP contribution in [0.15, 0.2) is 42.5 Å². The van der Waals surface area contributed by atoms with Crippen LogP contribution in [0.1, 0.15) is 11.1 Å². The molecule has 0 saturated heterocycles. The molecule has 0 unspecified atom stereocenters. The van der Waals surface area contributed by atoms with Gasteiger partial charge in [0, 0.05) is 11.6 Å². The van der Waals surface area contributed by atoms with Crippen molar-refractivity contribution < 1.29 is 4.39 Å². The Hall–Kier alpha value is -2.05. The summed E-state index contributed by atoms with van der Waals surface area (Å²) < 4.78 is 13.4. The molecule has 2 nitrogen and oxygen atoms in total. The molecule has 2 rings (SSSR count). The second-order valence-electron chi connectivity index (χ2n) is 4.08. The minimum Gasteiger partial charge on any atom is -0.384 e. The lowest BCUT2D eigenvalue weighted by Crippen LogP contribution is -2.06. The Kier molecular flexibility index (Phi) is 4.38. The van der Waals surface area contributed by atoms with Gasteiger partial charge >= 0.3 is 0 Å². The van der Waals surface area contributed by atoms with Crippen molar-refractivity contribution in [1.82, 2.24) is 0 Å². The fraction of sp³-hybridized carbons (Fsp3) is 0.133. The first-order valence-electron chi connectivity index (χ1n) is 5.87. The van der Waals surface area contributed by atoms with Gasteiger partial charge in [-0.2, -0.15) is 5.26 Å². The van der Waals surface area contributed by atoms with Gasteiger partial charge in [0.05, 0.1) is 5.69 Å². The van der Waals surface area contributed by atoms with Gasteiger partial charge in [-0.3, -0.25) is 0 Å². The Morgan fingerprint density at radius 1 is 1.16 bits per heavy atom. The summed E-state index contributed by atoms with van der Waals surface area (Å²) in [6.07, 6.45) is 0.776. The SMILES string of the molecule is N#Cc1c(F)cccc1NCCc1ccc(Cl)cc1. The van der Waals surface area contributed by atoms with Crippen LogP contribution >= 0.6 is 11.6 Å². The molecular formula is C15H12ClFN2. The maximum Gasteiger partial charge on any atom is 0.143 e. The highest BCUT2D eigenvalue weighted by atomic mass is 35.5. The molecule has 4 heteroatoms. The third kappa shape index (κ3) is 3.46. The third-order valence-electron chi connectivity index (χ3n) is 2.77. The van der Waals surface area contributed by atoms with Gasteiger partial charge in [-0.05, 0) is 36.2 Å². The number of anilines is 1. The molecule has 0 aliphatic carbocycles. The van der Waals surface area contributed by atoms with Crippen molar-refractivity contribution in [3.8, 4) is 6.07 Å². The normalized spacial score (nSPS) is 9.95. The summed E-state index contributed by atoms with van der Waals surface area (Å²) in [6, 6.07) is 14.0. The minimum absolute atomic E-state index is 0.0543. The van der Waals surface area contributed by atoms with Crippen LogP contribution in [0.2, 0.25) is 5.02 Å². The Bertz CT molecular complexity index is 603. The fourth-order valence-corrected chi connectivity index (χ4v) is 1.90. The van der Waals surface area contributed by atoms with Crippen LogP contribution in [0.25, 0.3) is 0 Å². The van der Waals surface area contributed by atoms with Crippen molar-refractivity contribution in [3.63, 3.8) is 0 Å². The second-order valence-corrected chi connectivity index (χ2v) is 4.51. The van der Waals surface area contributed by atoms with Crippen molar-refractivity contribution in [2.24, 2.45) is 0 Å². The summed E-state index contributed by atoms with van der Waals surface area (Å²) in [6.45, 7) is 0.625. The number of hydrogen-bond donors (Lipinski definition) is 1. The maximum atomic E-state index is 13.4. The van der Waals surface area contributed by atoms with E-state index in [2.05, 4.69) is 5.32 Å². The molecule has 2 aromatic carbocycles. The molecule has 0 bridgehead atoms. The monoisotopic (exact) mass is 274 g/mol. The highest BCUT2D eigenvalue weighted by molar-refractivity contribution is 6.30. The molecule has 0 fully saturated rings. The summed E-state index contributed by atoms with van der Waals surface area (Å²) in [7, 11) is 0. The predicted octanol–water partition coefficient (Wildman–Crippen LogP) is 4.01. The number of benzene rings is 2. The summed E-state index contributed by atoms with van der Waals surface area (Å²) in [5, 5.41) is 12.7. The molecular weight excluding hydrogens is 263 g/mol. The van der Waals surface area contributed by atoms with Gasteiger partial charge in [0.15, 0.2) is 0 Å². The van der Waals surface area contributed by atoms with Gasteiger partial charge in [0.2, 0.25) is 0 Å². The quantitative estimate of drug-likeness (QED) is 0.914. The highest BCUT2D eigenvalue weighted by Crippen LogP contribution is 2.18. The Balaban J connectivity index is 1.98. The van der Waals surface area contributed by atoms with Gasteiger partial charge in [-0.1, -0.05) is 29.8 Å². The Labute approximate surface area is 116 Å². The first-order chi connectivity index (χ1) is 9.20. The molecule has 2 aromatic rings. The molecule has 0 atom stereocenters. The van der Waals surface area contributed by atoms with Gasteiger partial charge in [-0.15, -0.1) is 0 Å². The Morgan fingerprint density at radius 3 is 2.58 bits per heavy atom. The van der Waals surface area contributed by atoms with E-state index in [-0.39, 0.29) is 5.56 Å². The molecule has 0 amide bonds. The van der Waals surface area contributed by atoms with Crippen molar-refractivity contribution in [3.05, 3.63) is 64.4 Å². The lowest BCUT2D eigenvalue weighted by atomic mass is 10.1. The van der Waals surface area contributed by atoms with Crippen molar-refractivity contribution >= 4 is 17.3 Å². The minimum atomic E-state index is -0.501. The first-order valence-corrected chi connectivity index (χ1v) is 6.25. The van der Waals surface area contributed by atoms with Gasteiger partial charge < -0.3 is 5.32 Å². The summed E-state index contributed by atoms with van der Waals surface area (Å²) in [5.74, 6) is -0.501. The zero-order valence-electron chi connectivity index (χ0n) is 10.2. The summed E-state index contributed by atoms with van der Waals surface area (Å²) in [4.78, 5) is 0. The largest absolute Gasteiger partial charge is 0.384 e. The van der Waals surface area contributed by atoms with Crippen LogP contribution in [0.5, 0.6) is 0 Å². The zero-order valence-corrected chi connectivity index (χ0v) is 10.9. The molecule has 0 aliphatic rings. The number of nitrogens with zero attached hydrogens (tertiary/aromatic N) is 1. The first kappa shape index (κ1) is 13.4. The van der Waals surface area contributed by atoms with Gasteiger partial charge in [-0.25, -0.2) is 4.39 Å². The highest BCUT2D eigenvalue weighted by Gasteiger charge is 2.06. The van der Waals surface area contributed by atoms with Crippen LogP contribution in [0.4, 0.5) is 10.1 Å². The number of halogens is 2. The molecule has 19 heavy (non-hydrogen) atoms. The van der Waals surface area contributed by atoms with E-state index in [0.29, 0.717) is 17.3 Å². The van der Waals surface area contributed by atoms with Crippen molar-refractivity contribution in [1.29, 1.82) is 5.26 Å². The van der Waals surface area contributed by atoms with Crippen LogP contribution in [0.3, 0.4) is 0 Å². The van der Waals surface area contributed by atoms with Crippen LogP contribution in [0, 0.1) is 17.1 Å². The molecule has 96 valence electrons. The van der Waals surface area contributed by atoms with Gasteiger partial charge in [0.1, 0.15) is 17.4 Å². The lowest BCUT2D eigenvalue weighted by Gasteiger charge is -2.08. The number of hydrogen-bond acceptors (Lipinski definition) is 2. The number of rotatable bonds is 4. The van der Waals surface area contributed by atoms with E-state index < -0.39 is 5.82 Å². The second kappa shape index (κ2) is 6.21. The molecule has 0 spiro atoms. The van der Waals surface area contributed by atoms with Gasteiger partial charge in [0.25, 0.3) is 0 Å². The van der Waals surface area contributed by atoms with E-state index in [1.54, 1.807) is 12.1 Å². The molecule has 0 saturated carbocycles. The summed E-state index contributed by atoms with van der Waals surface area (Å²) >= 11 is 5.81. The van der Waals surface area contributed by atoms with E-state index in [1.807, 2.05) is 30.3 Å². The number of nitrogens with one attached hydrogen (secondary N) is 1. The Morgan fingerprint density at radius 2 is 1.89 bits per heavy atom. The van der Waals surface area contributed by atoms with E-state index in [1.165, 1.54) is 6.07 Å². The van der Waals surface area contributed by atoms with Crippen LogP contribution in [-0.2, 0) is 6.42 Å². The van der Waals surface area contributed by atoms with E-state index in [9.17, 15) is 4.39 Å². The standard InChI is InChI=1S/C15H12ClFN2/c16-12-6-4-11(5-7-12)8-9-19-15-3-1-2-14(17)13(15)10-18/h1-7,19H,8-9H2. The molecule has 0 radical (unpaired) electrons.